The average molecular weight is 352 g/mol. The van der Waals surface area contributed by atoms with Crippen LogP contribution in [0, 0.1) is 3.57 Å². The highest BCUT2D eigenvalue weighted by Gasteiger charge is 2.03. The Bertz CT molecular complexity index is 508. The molecule has 0 aromatic heterocycles. The molecule has 0 aliphatic carbocycles. The van der Waals surface area contributed by atoms with Crippen LogP contribution in [0.5, 0.6) is 0 Å². The molecule has 2 aromatic carbocycles. The molecular weight excluding hydrogens is 338 g/mol. The van der Waals surface area contributed by atoms with Gasteiger partial charge in [0.2, 0.25) is 0 Å². The molecule has 0 saturated carbocycles. The van der Waals surface area contributed by atoms with Crippen molar-refractivity contribution in [2.75, 3.05) is 5.75 Å². The average Bonchev–Trinajstić information content (AvgIpc) is 2.33. The number of benzene rings is 2. The van der Waals surface area contributed by atoms with Gasteiger partial charge < -0.3 is 0 Å². The Morgan fingerprint density at radius 2 is 1.71 bits per heavy atom. The van der Waals surface area contributed by atoms with Gasteiger partial charge in [-0.2, -0.15) is 0 Å². The molecule has 0 saturated heterocycles. The summed E-state index contributed by atoms with van der Waals surface area (Å²) >= 11 is 4.31. The lowest BCUT2D eigenvalue weighted by Crippen LogP contribution is -1.99. The lowest BCUT2D eigenvalue weighted by molar-refractivity contribution is 1.38. The topological polar surface area (TPSA) is 0 Å². The minimum absolute atomic E-state index is 1.12. The Kier molecular flexibility index (Phi) is 4.57. The van der Waals surface area contributed by atoms with Crippen molar-refractivity contribution in [1.82, 2.24) is 0 Å². The minimum atomic E-state index is 1.12. The van der Waals surface area contributed by atoms with Crippen LogP contribution in [0.1, 0.15) is 6.92 Å². The van der Waals surface area contributed by atoms with Gasteiger partial charge in [0.25, 0.3) is 0 Å². The number of hydrogen-bond acceptors (Lipinski definition) is 1. The molecule has 2 rings (SSSR count). The molecule has 0 aliphatic heterocycles. The molecule has 0 nitrogen and oxygen atoms in total. The van der Waals surface area contributed by atoms with Crippen LogP contribution in [0.3, 0.4) is 0 Å². The molecule has 0 fully saturated rings. The second-order valence-corrected chi connectivity index (χ2v) is 6.41. The number of rotatable bonds is 3. The molecule has 0 aliphatic rings. The molecule has 0 bridgehead atoms. The second kappa shape index (κ2) is 5.96. The molecule has 2 aromatic rings. The maximum absolute atomic E-state index is 2.40. The van der Waals surface area contributed by atoms with Gasteiger partial charge in [0, 0.05) is 8.47 Å². The molecule has 0 heterocycles. The van der Waals surface area contributed by atoms with Crippen molar-refractivity contribution in [3.8, 4) is 11.1 Å². The Morgan fingerprint density at radius 1 is 1.06 bits per heavy atom. The maximum atomic E-state index is 2.40. The normalized spacial score (nSPS) is 10.5. The van der Waals surface area contributed by atoms with Crippen molar-refractivity contribution in [2.45, 2.75) is 11.8 Å². The van der Waals surface area contributed by atoms with Crippen molar-refractivity contribution in [3.05, 3.63) is 46.0 Å². The number of halogens is 1. The highest BCUT2D eigenvalue weighted by molar-refractivity contribution is 14.1. The van der Waals surface area contributed by atoms with E-state index in [9.17, 15) is 0 Å². The van der Waals surface area contributed by atoms with Crippen LogP contribution in [-0.4, -0.2) is 13.6 Å². The van der Waals surface area contributed by atoms with E-state index < -0.39 is 0 Å². The van der Waals surface area contributed by atoms with Crippen molar-refractivity contribution in [3.63, 3.8) is 0 Å². The Hall–Kier alpha value is -0.415. The lowest BCUT2D eigenvalue weighted by atomic mass is 9.94. The van der Waals surface area contributed by atoms with Crippen LogP contribution in [0.15, 0.2) is 47.4 Å². The van der Waals surface area contributed by atoms with Gasteiger partial charge in [0.1, 0.15) is 7.85 Å². The summed E-state index contributed by atoms with van der Waals surface area (Å²) in [6.45, 7) is 2.19. The van der Waals surface area contributed by atoms with Crippen LogP contribution >= 0.6 is 34.4 Å². The lowest BCUT2D eigenvalue weighted by Gasteiger charge is -2.07. The molecule has 17 heavy (non-hydrogen) atoms. The largest absolute Gasteiger partial charge is 0.139 e. The fourth-order valence-electron chi connectivity index (χ4n) is 1.70. The molecule has 0 spiro atoms. The van der Waals surface area contributed by atoms with Crippen LogP contribution in [0.2, 0.25) is 0 Å². The molecule has 0 amide bonds. The van der Waals surface area contributed by atoms with E-state index in [0.717, 1.165) is 5.75 Å². The molecule has 0 atom stereocenters. The summed E-state index contributed by atoms with van der Waals surface area (Å²) in [4.78, 5) is 1.38. The van der Waals surface area contributed by atoms with Gasteiger partial charge in [-0.1, -0.05) is 42.7 Å². The van der Waals surface area contributed by atoms with E-state index in [1.165, 1.54) is 25.1 Å². The van der Waals surface area contributed by atoms with Gasteiger partial charge in [-0.15, -0.1) is 11.8 Å². The van der Waals surface area contributed by atoms with E-state index in [4.69, 9.17) is 0 Å². The van der Waals surface area contributed by atoms with Crippen LogP contribution < -0.4 is 5.46 Å². The fourth-order valence-corrected chi connectivity index (χ4v) is 3.22. The van der Waals surface area contributed by atoms with E-state index in [0.29, 0.717) is 0 Å². The van der Waals surface area contributed by atoms with Gasteiger partial charge in [0.15, 0.2) is 0 Å². The van der Waals surface area contributed by atoms with E-state index in [1.807, 2.05) is 11.8 Å². The first-order chi connectivity index (χ1) is 8.20. The third kappa shape index (κ3) is 3.29. The van der Waals surface area contributed by atoms with E-state index in [-0.39, 0.29) is 0 Å². The first-order valence-corrected chi connectivity index (χ1v) is 7.76. The van der Waals surface area contributed by atoms with Gasteiger partial charge >= 0.3 is 0 Å². The van der Waals surface area contributed by atoms with E-state index in [1.54, 1.807) is 0 Å². The third-order valence-corrected chi connectivity index (χ3v) is 4.86. The van der Waals surface area contributed by atoms with Gasteiger partial charge in [-0.05, 0) is 51.6 Å². The standard InChI is InChI=1S/C14H14BIS/c1-2-17-14-9-11(5-8-13(14)16)10-3-6-12(15)7-4-10/h3-9H,2,15H2,1H3. The van der Waals surface area contributed by atoms with Crippen molar-refractivity contribution >= 4 is 47.7 Å². The Balaban J connectivity index is 2.39. The Morgan fingerprint density at radius 3 is 2.35 bits per heavy atom. The van der Waals surface area contributed by atoms with Crippen molar-refractivity contribution < 1.29 is 0 Å². The zero-order valence-electron chi connectivity index (χ0n) is 10.0. The summed E-state index contributed by atoms with van der Waals surface area (Å²) in [5.41, 5.74) is 3.91. The number of hydrogen-bond donors (Lipinski definition) is 0. The quantitative estimate of drug-likeness (QED) is 0.464. The summed E-state index contributed by atoms with van der Waals surface area (Å²) in [5.74, 6) is 1.12. The predicted octanol–water partition coefficient (Wildman–Crippen LogP) is 3.33. The van der Waals surface area contributed by atoms with Crippen LogP contribution in [0.4, 0.5) is 0 Å². The molecule has 0 radical (unpaired) electrons. The highest BCUT2D eigenvalue weighted by Crippen LogP contribution is 2.29. The first kappa shape index (κ1) is 13.0. The summed E-state index contributed by atoms with van der Waals surface area (Å²) in [7, 11) is 2.12. The third-order valence-electron chi connectivity index (χ3n) is 2.62. The zero-order chi connectivity index (χ0) is 12.3. The Labute approximate surface area is 122 Å². The molecule has 0 unspecified atom stereocenters. The van der Waals surface area contributed by atoms with Crippen molar-refractivity contribution in [1.29, 1.82) is 0 Å². The second-order valence-electron chi connectivity index (χ2n) is 3.94. The number of thioether (sulfide) groups is 1. The molecule has 86 valence electrons. The monoisotopic (exact) mass is 352 g/mol. The summed E-state index contributed by atoms with van der Waals surface area (Å²) < 4.78 is 1.34. The molecular formula is C14H14BIS. The van der Waals surface area contributed by atoms with Crippen LogP contribution in [-0.2, 0) is 0 Å². The van der Waals surface area contributed by atoms with Gasteiger partial charge in [-0.25, -0.2) is 0 Å². The van der Waals surface area contributed by atoms with Crippen LogP contribution in [0.25, 0.3) is 11.1 Å². The predicted molar refractivity (Wildman–Crippen MR) is 89.2 cm³/mol. The molecule has 3 heteroatoms. The first-order valence-electron chi connectivity index (χ1n) is 5.70. The molecule has 0 N–H and O–H groups in total. The summed E-state index contributed by atoms with van der Waals surface area (Å²) in [6.07, 6.45) is 0. The summed E-state index contributed by atoms with van der Waals surface area (Å²) in [5, 5.41) is 0. The summed E-state index contributed by atoms with van der Waals surface area (Å²) in [6, 6.07) is 15.4. The SMILES string of the molecule is Bc1ccc(-c2ccc(I)c(SCC)c2)cc1. The van der Waals surface area contributed by atoms with Gasteiger partial charge in [0.05, 0.1) is 0 Å². The van der Waals surface area contributed by atoms with Crippen molar-refractivity contribution in [2.24, 2.45) is 0 Å². The highest BCUT2D eigenvalue weighted by atomic mass is 127. The zero-order valence-corrected chi connectivity index (χ0v) is 13.0. The van der Waals surface area contributed by atoms with E-state index >= 15 is 0 Å². The minimum Gasteiger partial charge on any atom is -0.125 e. The van der Waals surface area contributed by atoms with Gasteiger partial charge in [-0.3, -0.25) is 0 Å². The smallest absolute Gasteiger partial charge is 0.125 e. The van der Waals surface area contributed by atoms with E-state index in [2.05, 4.69) is 79.8 Å². The maximum Gasteiger partial charge on any atom is 0.139 e. The fraction of sp³-hybridized carbons (Fsp3) is 0.143.